The summed E-state index contributed by atoms with van der Waals surface area (Å²) >= 11 is 0. The van der Waals surface area contributed by atoms with Crippen molar-refractivity contribution in [3.8, 4) is 6.07 Å². The van der Waals surface area contributed by atoms with E-state index in [0.717, 1.165) is 6.26 Å². The average Bonchev–Trinajstić information content (AvgIpc) is 2.34. The molecule has 0 radical (unpaired) electrons. The number of aryl methyl sites for hydroxylation is 1. The van der Waals surface area contributed by atoms with E-state index in [4.69, 9.17) is 5.26 Å². The van der Waals surface area contributed by atoms with Crippen LogP contribution in [0.2, 0.25) is 0 Å². The Morgan fingerprint density at radius 3 is 2.44 bits per heavy atom. The standard InChI is InChI=1S/C12H13NO4S/c1-4-8-5-9(7-13)10(12(14)17-2)6-11(8)18(3,15)16/h5-6H,4H2,1-3H3. The highest BCUT2D eigenvalue weighted by molar-refractivity contribution is 7.90. The van der Waals surface area contributed by atoms with Crippen molar-refractivity contribution in [1.29, 1.82) is 5.26 Å². The minimum Gasteiger partial charge on any atom is -0.465 e. The first-order valence-corrected chi connectivity index (χ1v) is 7.09. The maximum Gasteiger partial charge on any atom is 0.339 e. The lowest BCUT2D eigenvalue weighted by atomic mass is 10.0. The molecule has 0 heterocycles. The van der Waals surface area contributed by atoms with E-state index < -0.39 is 15.8 Å². The van der Waals surface area contributed by atoms with Crippen LogP contribution in [-0.4, -0.2) is 27.8 Å². The van der Waals surface area contributed by atoms with Gasteiger partial charge in [-0.15, -0.1) is 0 Å². The molecular formula is C12H13NO4S. The van der Waals surface area contributed by atoms with Gasteiger partial charge < -0.3 is 4.74 Å². The van der Waals surface area contributed by atoms with Crippen molar-refractivity contribution in [3.63, 3.8) is 0 Å². The molecule has 0 amide bonds. The number of benzene rings is 1. The van der Waals surface area contributed by atoms with E-state index in [0.29, 0.717) is 12.0 Å². The Bertz CT molecular complexity index is 626. The number of hydrogen-bond acceptors (Lipinski definition) is 5. The summed E-state index contributed by atoms with van der Waals surface area (Å²) in [6, 6.07) is 4.49. The molecule has 0 aliphatic heterocycles. The van der Waals surface area contributed by atoms with Gasteiger partial charge in [0.05, 0.1) is 23.1 Å². The van der Waals surface area contributed by atoms with E-state index in [-0.39, 0.29) is 16.0 Å². The largest absolute Gasteiger partial charge is 0.465 e. The zero-order valence-corrected chi connectivity index (χ0v) is 11.2. The summed E-state index contributed by atoms with van der Waals surface area (Å²) in [7, 11) is -2.27. The fraction of sp³-hybridized carbons (Fsp3) is 0.333. The number of esters is 1. The van der Waals surface area contributed by atoms with Crippen molar-refractivity contribution in [1.82, 2.24) is 0 Å². The maximum atomic E-state index is 11.6. The van der Waals surface area contributed by atoms with Gasteiger partial charge in [-0.1, -0.05) is 6.92 Å². The van der Waals surface area contributed by atoms with E-state index in [1.165, 1.54) is 19.2 Å². The highest BCUT2D eigenvalue weighted by Gasteiger charge is 2.20. The molecule has 0 aromatic heterocycles. The van der Waals surface area contributed by atoms with Crippen molar-refractivity contribution in [3.05, 3.63) is 28.8 Å². The maximum absolute atomic E-state index is 11.6. The Labute approximate surface area is 106 Å². The van der Waals surface area contributed by atoms with Crippen LogP contribution in [0.25, 0.3) is 0 Å². The predicted octanol–water partition coefficient (Wildman–Crippen LogP) is 1.31. The zero-order chi connectivity index (χ0) is 13.9. The summed E-state index contributed by atoms with van der Waals surface area (Å²) in [6.45, 7) is 1.78. The number of ether oxygens (including phenoxy) is 1. The van der Waals surface area contributed by atoms with Gasteiger partial charge in [-0.2, -0.15) is 5.26 Å². The van der Waals surface area contributed by atoms with E-state index in [9.17, 15) is 13.2 Å². The molecule has 0 fully saturated rings. The first-order chi connectivity index (χ1) is 8.35. The number of nitriles is 1. The van der Waals surface area contributed by atoms with Crippen LogP contribution in [0, 0.1) is 11.3 Å². The predicted molar refractivity (Wildman–Crippen MR) is 65.0 cm³/mol. The van der Waals surface area contributed by atoms with Crippen LogP contribution in [-0.2, 0) is 21.0 Å². The van der Waals surface area contributed by atoms with Crippen LogP contribution < -0.4 is 0 Å². The van der Waals surface area contributed by atoms with Gasteiger partial charge in [0.2, 0.25) is 0 Å². The lowest BCUT2D eigenvalue weighted by Crippen LogP contribution is -2.10. The molecule has 0 aliphatic rings. The summed E-state index contributed by atoms with van der Waals surface area (Å²) < 4.78 is 27.8. The molecule has 0 aliphatic carbocycles. The molecule has 0 spiro atoms. The lowest BCUT2D eigenvalue weighted by Gasteiger charge is -2.09. The minimum absolute atomic E-state index is 0.0300. The molecule has 0 bridgehead atoms. The van der Waals surface area contributed by atoms with Gasteiger partial charge >= 0.3 is 5.97 Å². The van der Waals surface area contributed by atoms with Crippen LogP contribution in [0.4, 0.5) is 0 Å². The SMILES string of the molecule is CCc1cc(C#N)c(C(=O)OC)cc1S(C)(=O)=O. The molecule has 96 valence electrons. The number of nitrogens with zero attached hydrogens (tertiary/aromatic N) is 1. The molecule has 0 unspecified atom stereocenters. The summed E-state index contributed by atoms with van der Waals surface area (Å²) in [5.41, 5.74) is 0.602. The van der Waals surface area contributed by atoms with Crippen LogP contribution >= 0.6 is 0 Å². The third-order valence-corrected chi connectivity index (χ3v) is 3.69. The normalized spacial score (nSPS) is 10.8. The molecule has 1 rings (SSSR count). The Morgan fingerprint density at radius 1 is 1.44 bits per heavy atom. The second-order valence-electron chi connectivity index (χ2n) is 3.73. The monoisotopic (exact) mass is 267 g/mol. The van der Waals surface area contributed by atoms with Crippen LogP contribution in [0.15, 0.2) is 17.0 Å². The van der Waals surface area contributed by atoms with Gasteiger partial charge in [-0.05, 0) is 24.1 Å². The second-order valence-corrected chi connectivity index (χ2v) is 5.72. The minimum atomic E-state index is -3.45. The fourth-order valence-corrected chi connectivity index (χ4v) is 2.63. The summed E-state index contributed by atoms with van der Waals surface area (Å²) in [5, 5.41) is 8.97. The molecule has 0 saturated carbocycles. The highest BCUT2D eigenvalue weighted by atomic mass is 32.2. The van der Waals surface area contributed by atoms with E-state index in [1.807, 2.05) is 6.07 Å². The van der Waals surface area contributed by atoms with Crippen molar-refractivity contribution in [2.45, 2.75) is 18.2 Å². The zero-order valence-electron chi connectivity index (χ0n) is 10.4. The first-order valence-electron chi connectivity index (χ1n) is 5.20. The summed E-state index contributed by atoms with van der Waals surface area (Å²) in [4.78, 5) is 11.6. The Morgan fingerprint density at radius 2 is 2.06 bits per heavy atom. The average molecular weight is 267 g/mol. The third-order valence-electron chi connectivity index (χ3n) is 2.51. The van der Waals surface area contributed by atoms with Crippen molar-refractivity contribution in [2.24, 2.45) is 0 Å². The number of rotatable bonds is 3. The summed E-state index contributed by atoms with van der Waals surface area (Å²) in [5.74, 6) is -0.723. The highest BCUT2D eigenvalue weighted by Crippen LogP contribution is 2.22. The number of sulfone groups is 1. The molecule has 0 N–H and O–H groups in total. The first kappa shape index (κ1) is 14.2. The van der Waals surface area contributed by atoms with Gasteiger partial charge in [-0.3, -0.25) is 0 Å². The van der Waals surface area contributed by atoms with Gasteiger partial charge in [0.1, 0.15) is 6.07 Å². The van der Waals surface area contributed by atoms with Crippen molar-refractivity contribution >= 4 is 15.8 Å². The molecule has 5 nitrogen and oxygen atoms in total. The fourth-order valence-electron chi connectivity index (χ4n) is 1.62. The smallest absolute Gasteiger partial charge is 0.339 e. The van der Waals surface area contributed by atoms with E-state index >= 15 is 0 Å². The molecule has 0 atom stereocenters. The second kappa shape index (κ2) is 5.19. The molecule has 0 saturated heterocycles. The molecule has 1 aromatic rings. The number of hydrogen-bond donors (Lipinski definition) is 0. The topological polar surface area (TPSA) is 84.2 Å². The van der Waals surface area contributed by atoms with Crippen molar-refractivity contribution < 1.29 is 17.9 Å². The molecular weight excluding hydrogens is 254 g/mol. The Balaban J connectivity index is 3.66. The van der Waals surface area contributed by atoms with Gasteiger partial charge in [0.25, 0.3) is 0 Å². The van der Waals surface area contributed by atoms with Gasteiger partial charge in [0, 0.05) is 6.26 Å². The number of methoxy groups -OCH3 is 1. The van der Waals surface area contributed by atoms with Crippen LogP contribution in [0.5, 0.6) is 0 Å². The summed E-state index contributed by atoms with van der Waals surface area (Å²) in [6.07, 6.45) is 1.52. The number of carbonyl (C=O) groups excluding carboxylic acids is 1. The Kier molecular flexibility index (Phi) is 4.09. The molecule has 18 heavy (non-hydrogen) atoms. The lowest BCUT2D eigenvalue weighted by molar-refractivity contribution is 0.0600. The quantitative estimate of drug-likeness (QED) is 0.771. The van der Waals surface area contributed by atoms with Crippen LogP contribution in [0.3, 0.4) is 0 Å². The number of carbonyl (C=O) groups is 1. The van der Waals surface area contributed by atoms with Gasteiger partial charge in [0.15, 0.2) is 9.84 Å². The molecule has 1 aromatic carbocycles. The van der Waals surface area contributed by atoms with Crippen LogP contribution in [0.1, 0.15) is 28.4 Å². The Hall–Kier alpha value is -1.87. The van der Waals surface area contributed by atoms with Crippen molar-refractivity contribution in [2.75, 3.05) is 13.4 Å². The van der Waals surface area contributed by atoms with E-state index in [2.05, 4.69) is 4.74 Å². The third kappa shape index (κ3) is 2.68. The molecule has 6 heteroatoms. The van der Waals surface area contributed by atoms with Gasteiger partial charge in [-0.25, -0.2) is 13.2 Å². The van der Waals surface area contributed by atoms with E-state index in [1.54, 1.807) is 6.92 Å².